The van der Waals surface area contributed by atoms with Gasteiger partial charge < -0.3 is 5.32 Å². The molecule has 1 aromatic rings. The van der Waals surface area contributed by atoms with E-state index in [1.54, 1.807) is 0 Å². The van der Waals surface area contributed by atoms with Crippen LogP contribution in [0.25, 0.3) is 0 Å². The van der Waals surface area contributed by atoms with Crippen LogP contribution in [0.4, 0.5) is 10.1 Å². The lowest BCUT2D eigenvalue weighted by Crippen LogP contribution is -2.45. The first kappa shape index (κ1) is 17.0. The van der Waals surface area contributed by atoms with Crippen LogP contribution >= 0.6 is 27.5 Å². The second-order valence-electron chi connectivity index (χ2n) is 4.76. The third kappa shape index (κ3) is 5.07. The topological polar surface area (TPSA) is 61.4 Å². The maximum absolute atomic E-state index is 13.1. The Bertz CT molecular complexity index is 586. The molecule has 1 aliphatic rings. The van der Waals surface area contributed by atoms with Crippen LogP contribution in [0.5, 0.6) is 0 Å². The summed E-state index contributed by atoms with van der Waals surface area (Å²) in [7, 11) is -3.54. The molecular weight excluding hydrogens is 385 g/mol. The lowest BCUT2D eigenvalue weighted by atomic mass is 10.3. The average molecular weight is 401 g/mol. The number of sulfonamides is 1. The van der Waals surface area contributed by atoms with Crippen molar-refractivity contribution in [2.45, 2.75) is 0 Å². The van der Waals surface area contributed by atoms with E-state index in [9.17, 15) is 12.8 Å². The molecule has 0 amide bonds. The Morgan fingerprint density at radius 2 is 2.05 bits per heavy atom. The normalized spacial score (nSPS) is 16.9. The summed E-state index contributed by atoms with van der Waals surface area (Å²) in [6, 6.07) is 2.24. The maximum Gasteiger partial charge on any atom is 0.234 e. The summed E-state index contributed by atoms with van der Waals surface area (Å²) >= 11 is 8.98. The zero-order valence-corrected chi connectivity index (χ0v) is 14.4. The van der Waals surface area contributed by atoms with Gasteiger partial charge in [0, 0.05) is 37.2 Å². The fourth-order valence-electron chi connectivity index (χ4n) is 2.03. The highest BCUT2D eigenvalue weighted by Crippen LogP contribution is 2.32. The molecule has 1 heterocycles. The number of nitrogens with one attached hydrogen (secondary N) is 2. The molecule has 1 fully saturated rings. The van der Waals surface area contributed by atoms with E-state index in [4.69, 9.17) is 11.6 Å². The Hall–Kier alpha value is -0.410. The van der Waals surface area contributed by atoms with Gasteiger partial charge in [0.2, 0.25) is 10.0 Å². The van der Waals surface area contributed by atoms with Crippen molar-refractivity contribution in [2.75, 3.05) is 43.2 Å². The monoisotopic (exact) mass is 399 g/mol. The lowest BCUT2D eigenvalue weighted by molar-refractivity contribution is 0.254. The molecule has 0 radical (unpaired) electrons. The quantitative estimate of drug-likeness (QED) is 0.792. The molecule has 118 valence electrons. The summed E-state index contributed by atoms with van der Waals surface area (Å²) in [5.41, 5.74) is 0.165. The van der Waals surface area contributed by atoms with Crippen LogP contribution in [0.1, 0.15) is 0 Å². The molecular formula is C12H16BrClFN3O2S. The van der Waals surface area contributed by atoms with Crippen molar-refractivity contribution >= 4 is 43.2 Å². The molecule has 2 N–H and O–H groups in total. The third-order valence-electron chi connectivity index (χ3n) is 3.15. The minimum Gasteiger partial charge on any atom is -0.314 e. The minimum absolute atomic E-state index is 0.0209. The number of rotatable bonds is 5. The summed E-state index contributed by atoms with van der Waals surface area (Å²) in [5, 5.41) is 3.23. The van der Waals surface area contributed by atoms with Crippen LogP contribution in [0.15, 0.2) is 16.6 Å². The highest BCUT2D eigenvalue weighted by Gasteiger charge is 2.18. The van der Waals surface area contributed by atoms with E-state index in [0.717, 1.165) is 32.2 Å². The molecule has 2 rings (SSSR count). The molecule has 0 bridgehead atoms. The number of benzene rings is 1. The first-order valence-corrected chi connectivity index (χ1v) is 9.28. The van der Waals surface area contributed by atoms with E-state index < -0.39 is 15.8 Å². The highest BCUT2D eigenvalue weighted by atomic mass is 79.9. The molecule has 5 nitrogen and oxygen atoms in total. The van der Waals surface area contributed by atoms with Gasteiger partial charge in [0.25, 0.3) is 0 Å². The van der Waals surface area contributed by atoms with Crippen LogP contribution < -0.4 is 10.0 Å². The van der Waals surface area contributed by atoms with Gasteiger partial charge in [0.05, 0.1) is 16.5 Å². The van der Waals surface area contributed by atoms with Gasteiger partial charge in [-0.1, -0.05) is 11.6 Å². The first-order valence-electron chi connectivity index (χ1n) is 6.45. The van der Waals surface area contributed by atoms with Gasteiger partial charge in [-0.3, -0.25) is 9.62 Å². The number of hydrogen-bond donors (Lipinski definition) is 2. The van der Waals surface area contributed by atoms with Crippen molar-refractivity contribution < 1.29 is 12.8 Å². The number of halogens is 3. The van der Waals surface area contributed by atoms with Crippen LogP contribution in [-0.4, -0.2) is 51.8 Å². The Morgan fingerprint density at radius 1 is 1.38 bits per heavy atom. The van der Waals surface area contributed by atoms with E-state index in [0.29, 0.717) is 6.54 Å². The van der Waals surface area contributed by atoms with Crippen molar-refractivity contribution in [2.24, 2.45) is 0 Å². The second-order valence-corrected chi connectivity index (χ2v) is 7.86. The molecule has 0 unspecified atom stereocenters. The van der Waals surface area contributed by atoms with E-state index in [1.165, 1.54) is 6.07 Å². The van der Waals surface area contributed by atoms with Gasteiger partial charge in [-0.05, 0) is 28.1 Å². The first-order chi connectivity index (χ1) is 9.87. The van der Waals surface area contributed by atoms with Crippen molar-refractivity contribution in [3.63, 3.8) is 0 Å². The molecule has 0 aliphatic carbocycles. The largest absolute Gasteiger partial charge is 0.314 e. The smallest absolute Gasteiger partial charge is 0.234 e. The Labute approximate surface area is 137 Å². The van der Waals surface area contributed by atoms with Crippen LogP contribution in [0.2, 0.25) is 5.02 Å². The van der Waals surface area contributed by atoms with E-state index in [2.05, 4.69) is 30.9 Å². The summed E-state index contributed by atoms with van der Waals surface area (Å²) in [5.74, 6) is -0.566. The van der Waals surface area contributed by atoms with Crippen molar-refractivity contribution in [3.05, 3.63) is 27.4 Å². The lowest BCUT2D eigenvalue weighted by Gasteiger charge is -2.27. The van der Waals surface area contributed by atoms with E-state index >= 15 is 0 Å². The predicted molar refractivity (Wildman–Crippen MR) is 85.8 cm³/mol. The second kappa shape index (κ2) is 7.23. The van der Waals surface area contributed by atoms with E-state index in [-0.39, 0.29) is 20.9 Å². The molecule has 0 aromatic heterocycles. The minimum atomic E-state index is -3.54. The van der Waals surface area contributed by atoms with Crippen LogP contribution in [-0.2, 0) is 10.0 Å². The molecule has 1 aromatic carbocycles. The van der Waals surface area contributed by atoms with Gasteiger partial charge >= 0.3 is 0 Å². The molecule has 0 spiro atoms. The Kier molecular flexibility index (Phi) is 5.84. The van der Waals surface area contributed by atoms with Gasteiger partial charge in [-0.25, -0.2) is 12.8 Å². The van der Waals surface area contributed by atoms with Gasteiger partial charge in [0.15, 0.2) is 0 Å². The molecule has 0 atom stereocenters. The zero-order chi connectivity index (χ0) is 15.5. The van der Waals surface area contributed by atoms with Crippen molar-refractivity contribution in [1.82, 2.24) is 10.2 Å². The Balaban J connectivity index is 2.00. The Morgan fingerprint density at radius 3 is 2.67 bits per heavy atom. The summed E-state index contributed by atoms with van der Waals surface area (Å²) < 4.78 is 40.0. The van der Waals surface area contributed by atoms with Crippen molar-refractivity contribution in [1.29, 1.82) is 0 Å². The van der Waals surface area contributed by atoms with Gasteiger partial charge in [0.1, 0.15) is 5.82 Å². The van der Waals surface area contributed by atoms with Crippen LogP contribution in [0.3, 0.4) is 0 Å². The van der Waals surface area contributed by atoms with Crippen molar-refractivity contribution in [3.8, 4) is 0 Å². The number of piperazine rings is 1. The third-order valence-corrected chi connectivity index (χ3v) is 5.31. The van der Waals surface area contributed by atoms with Crippen LogP contribution in [0, 0.1) is 5.82 Å². The molecule has 0 saturated carbocycles. The maximum atomic E-state index is 13.1. The number of anilines is 1. The fourth-order valence-corrected chi connectivity index (χ4v) is 4.25. The fraction of sp³-hybridized carbons (Fsp3) is 0.500. The molecule has 1 saturated heterocycles. The number of nitrogens with zero attached hydrogens (tertiary/aromatic N) is 1. The van der Waals surface area contributed by atoms with Gasteiger partial charge in [-0.2, -0.15) is 0 Å². The summed E-state index contributed by atoms with van der Waals surface area (Å²) in [6.07, 6.45) is 0. The number of hydrogen-bond acceptors (Lipinski definition) is 4. The average Bonchev–Trinajstić information content (AvgIpc) is 2.42. The summed E-state index contributed by atoms with van der Waals surface area (Å²) in [4.78, 5) is 2.08. The van der Waals surface area contributed by atoms with E-state index in [1.807, 2.05) is 0 Å². The molecule has 1 aliphatic heterocycles. The van der Waals surface area contributed by atoms with Gasteiger partial charge in [-0.15, -0.1) is 0 Å². The summed E-state index contributed by atoms with van der Waals surface area (Å²) in [6.45, 7) is 3.84. The highest BCUT2D eigenvalue weighted by molar-refractivity contribution is 9.10. The predicted octanol–water partition coefficient (Wildman–Crippen LogP) is 1.89. The standard InChI is InChI=1S/C12H16BrClFN3O2S/c13-10-7-9(15)8-11(14)12(10)17-21(19,20)6-5-18-3-1-16-2-4-18/h7-8,16-17H,1-6H2. The SMILES string of the molecule is O=S(=O)(CCN1CCNCC1)Nc1c(Cl)cc(F)cc1Br. The zero-order valence-electron chi connectivity index (χ0n) is 11.2. The molecule has 9 heteroatoms. The molecule has 21 heavy (non-hydrogen) atoms.